The van der Waals surface area contributed by atoms with Crippen molar-refractivity contribution in [3.05, 3.63) is 142 Å². The number of rotatable bonds is 20. The van der Waals surface area contributed by atoms with Crippen molar-refractivity contribution in [2.45, 2.75) is 201 Å². The number of anilines is 1. The highest BCUT2D eigenvalue weighted by Gasteiger charge is 2.53. The summed E-state index contributed by atoms with van der Waals surface area (Å²) in [4.78, 5) is 139. The molecule has 18 atom stereocenters. The number of phenolic OH excluding ortho intramolecular Hbond substituents is 3. The van der Waals surface area contributed by atoms with Gasteiger partial charge in [0.1, 0.15) is 108 Å². The third-order valence-corrected chi connectivity index (χ3v) is 25.7. The maximum Gasteiger partial charge on any atom is 0.325 e. The van der Waals surface area contributed by atoms with Crippen LogP contribution in [0.3, 0.4) is 0 Å². The molecule has 15 bridgehead atoms. The minimum absolute atomic E-state index is 0.0467. The van der Waals surface area contributed by atoms with E-state index in [0.717, 1.165) is 86.9 Å². The second-order valence-electron chi connectivity index (χ2n) is 34.8. The molecular weight excluding hydrogens is 1710 g/mol. The lowest BCUT2D eigenvalue weighted by atomic mass is 9.54. The van der Waals surface area contributed by atoms with Gasteiger partial charge in [0.25, 0.3) is 0 Å². The van der Waals surface area contributed by atoms with Gasteiger partial charge in [-0.3, -0.25) is 43.7 Å². The van der Waals surface area contributed by atoms with Gasteiger partial charge in [0, 0.05) is 47.4 Å². The molecule has 39 nitrogen and oxygen atoms in total. The zero-order valence-electron chi connectivity index (χ0n) is 70.6. The SMILES string of the molecule is CN[C@H](CC(C)C)C(=O)N[C@H]1C(=O)N[C@@H](CC(=O)NC(=O)Nc2ccc(OCCNS(C)(=O)=O)cc2)C(=O)N[C@H]2C(=O)N[C@H]3C(=O)N[C@H](C(=O)N[C@H](C(=O)NC4C5CC6CC(C5)CC4C6)c4cc(O)cc(O)c4-c4cc3ccc4O)[C@H](O)c3ccc(c(Cl)c3)Oc3cc2cc(c3O[C@@H]2O[C@H](CO)[C@@H](O)[C@H](O)[C@H]2O[C@H]2C[C@](C)(N)[C@H](O)[C@H](C)O2)Oc2ccc(cc2C)[C@H]1O. The van der Waals surface area contributed by atoms with Crippen LogP contribution in [-0.4, -0.2) is 226 Å². The van der Waals surface area contributed by atoms with Crippen LogP contribution in [0.1, 0.15) is 143 Å². The summed E-state index contributed by atoms with van der Waals surface area (Å²) in [6, 6.07) is 4.49. The van der Waals surface area contributed by atoms with Crippen LogP contribution in [0, 0.1) is 36.5 Å². The van der Waals surface area contributed by atoms with E-state index in [1.807, 2.05) is 13.8 Å². The Balaban J connectivity index is 0.943. The average molecular weight is 1820 g/mol. The number of halogens is 1. The molecule has 6 fully saturated rings. The zero-order chi connectivity index (χ0) is 92.0. The predicted octanol–water partition coefficient (Wildman–Crippen LogP) is 2.41. The Morgan fingerprint density at radius 1 is 0.695 bits per heavy atom. The van der Waals surface area contributed by atoms with Crippen LogP contribution in [-0.2, 0) is 62.6 Å². The number of benzene rings is 6. The fourth-order valence-corrected chi connectivity index (χ4v) is 19.1. The number of nitrogens with one attached hydrogen (secondary N) is 11. The second-order valence-corrected chi connectivity index (χ2v) is 37.0. The van der Waals surface area contributed by atoms with Gasteiger partial charge in [-0.15, -0.1) is 0 Å². The Morgan fingerprint density at radius 3 is 1.98 bits per heavy atom. The highest BCUT2D eigenvalue weighted by atomic mass is 35.5. The summed E-state index contributed by atoms with van der Waals surface area (Å²) in [6.45, 7) is 6.98. The Kier molecular flexibility index (Phi) is 27.8. The number of aliphatic hydroxyl groups is 6. The molecule has 7 aliphatic heterocycles. The number of carbonyl (C=O) groups is 9. The van der Waals surface area contributed by atoms with Crippen molar-refractivity contribution in [1.29, 1.82) is 0 Å². The molecule has 0 aromatic heterocycles. The first kappa shape index (κ1) is 93.1. The zero-order valence-corrected chi connectivity index (χ0v) is 72.2. The van der Waals surface area contributed by atoms with Crippen molar-refractivity contribution >= 4 is 80.6 Å². The minimum Gasteiger partial charge on any atom is -0.508 e. The van der Waals surface area contributed by atoms with Gasteiger partial charge in [-0.05, 0) is 208 Å². The molecule has 22 N–H and O–H groups in total. The Morgan fingerprint density at radius 2 is 1.34 bits per heavy atom. The number of urea groups is 1. The number of fused-ring (bicyclic) bond motifs is 15. The molecule has 0 spiro atoms. The molecule has 7 heterocycles. The standard InChI is InChI=1S/C87H105ClN12O27S/c1-36(2)20-53(90-6)78(111)99-69-71(106)42-9-16-57(37(3)21-42)123-59-29-46-30-60(75(59)127-85-76(74(109)73(108)61(35-101)125-85)126-63-34-87(5,89)77(110)38(4)122-63)124-58-17-10-43(28-52(58)88)72(107)70-84(117)98-68(82(115)95-65-44-23-39-22-40(25-44)26-45(65)24-39)51-31-48(102)32-56(104)64(51)50-27-41(8-15-55(50)103)66(80(113)100-70)97-81(114)67(46)96-79(112)54(93-83(69)116)33-62(105)94-86(118)92-47-11-13-49(14-12-47)121-19-18-91-128(7,119)120/h8-17,21,27-32,36,38-40,44-45,53-54,61,63,65-74,76-77,85,90-91,101-104,106-110H,18-20,22-26,33-35,89H2,1-7H3,(H,93,116)(H,95,115)(H,96,112)(H,97,114)(H,98,117)(H,99,111)(H,100,113)(H2,92,94,105,118)/t38-,39?,40?,44?,45?,53+,54-,61+,63-,65?,66+,67+,68-,69+,70-,71+,72+,73+,74-,76+,77+,85-,87-/m0/s1. The molecule has 128 heavy (non-hydrogen) atoms. The Bertz CT molecular complexity index is 5350. The highest BCUT2D eigenvalue weighted by Crippen LogP contribution is 2.55. The van der Waals surface area contributed by atoms with Crippen LogP contribution < -0.4 is 82.6 Å². The van der Waals surface area contributed by atoms with E-state index >= 15 is 28.8 Å². The first-order chi connectivity index (χ1) is 60.7. The molecular formula is C87H105ClN12O27S. The van der Waals surface area contributed by atoms with Gasteiger partial charge in [0.05, 0.1) is 42.6 Å². The number of sulfonamides is 1. The number of nitrogens with two attached hydrogens (primary N) is 1. The van der Waals surface area contributed by atoms with E-state index in [9.17, 15) is 68.8 Å². The van der Waals surface area contributed by atoms with Crippen LogP contribution in [0.2, 0.25) is 5.02 Å². The third kappa shape index (κ3) is 20.6. The molecule has 2 saturated heterocycles. The van der Waals surface area contributed by atoms with E-state index in [1.54, 1.807) is 0 Å². The molecule has 4 saturated carbocycles. The van der Waals surface area contributed by atoms with Gasteiger partial charge in [0.15, 0.2) is 23.9 Å². The van der Waals surface area contributed by atoms with Crippen molar-refractivity contribution in [2.75, 3.05) is 38.4 Å². The molecule has 688 valence electrons. The number of aromatic hydroxyl groups is 3. The normalized spacial score (nSPS) is 30.0. The highest BCUT2D eigenvalue weighted by molar-refractivity contribution is 7.88. The van der Waals surface area contributed by atoms with Gasteiger partial charge in [-0.1, -0.05) is 43.6 Å². The van der Waals surface area contributed by atoms with Gasteiger partial charge in [0.2, 0.25) is 69.3 Å². The van der Waals surface area contributed by atoms with Crippen molar-refractivity contribution < 1.29 is 131 Å². The van der Waals surface area contributed by atoms with Crippen molar-refractivity contribution in [1.82, 2.24) is 52.6 Å². The molecule has 0 radical (unpaired) electrons. The number of carbonyl (C=O) groups excluding carboxylic acids is 9. The van der Waals surface area contributed by atoms with Crippen LogP contribution in [0.5, 0.6) is 51.7 Å². The van der Waals surface area contributed by atoms with E-state index in [1.165, 1.54) is 82.4 Å². The van der Waals surface area contributed by atoms with Crippen LogP contribution in [0.4, 0.5) is 10.5 Å². The maximum absolute atomic E-state index is 16.7. The third-order valence-electron chi connectivity index (χ3n) is 24.7. The smallest absolute Gasteiger partial charge is 0.325 e. The predicted molar refractivity (Wildman–Crippen MR) is 453 cm³/mol. The second kappa shape index (κ2) is 38.3. The summed E-state index contributed by atoms with van der Waals surface area (Å²) in [7, 11) is -2.07. The number of aliphatic hydroxyl groups excluding tert-OH is 6. The van der Waals surface area contributed by atoms with E-state index in [0.29, 0.717) is 11.8 Å². The van der Waals surface area contributed by atoms with Gasteiger partial charge >= 0.3 is 6.03 Å². The van der Waals surface area contributed by atoms with Crippen molar-refractivity contribution in [2.24, 2.45) is 35.3 Å². The van der Waals surface area contributed by atoms with Crippen LogP contribution in [0.15, 0.2) is 103 Å². The number of hydrogen-bond acceptors (Lipinski definition) is 29. The van der Waals surface area contributed by atoms with E-state index in [4.69, 9.17) is 50.5 Å². The number of phenols is 3. The monoisotopic (exact) mass is 1820 g/mol. The van der Waals surface area contributed by atoms with E-state index < -0.39 is 237 Å². The lowest BCUT2D eigenvalue weighted by molar-refractivity contribution is -0.333. The van der Waals surface area contributed by atoms with Crippen molar-refractivity contribution in [3.63, 3.8) is 0 Å². The molecule has 11 aliphatic rings. The summed E-state index contributed by atoms with van der Waals surface area (Å²) >= 11 is 7.30. The Labute approximate surface area is 739 Å². The number of likely N-dealkylation sites (N-methyl/N-ethyl adjacent to an activating group) is 1. The Hall–Kier alpha value is -11.1. The molecule has 6 aromatic carbocycles. The molecule has 0 unspecified atom stereocenters. The first-order valence-corrected chi connectivity index (χ1v) is 44.3. The van der Waals surface area contributed by atoms with E-state index in [2.05, 4.69) is 57.9 Å². The minimum atomic E-state index is -3.54. The molecule has 41 heteroatoms. The summed E-state index contributed by atoms with van der Waals surface area (Å²) in [6.07, 6.45) is -13.6. The number of ether oxygens (including phenoxy) is 7. The number of aryl methyl sites for hydroxylation is 1. The fourth-order valence-electron chi connectivity index (χ4n) is 18.5. The number of imide groups is 1. The summed E-state index contributed by atoms with van der Waals surface area (Å²) in [5, 5.41) is 133. The number of hydrogen-bond donors (Lipinski definition) is 21. The van der Waals surface area contributed by atoms with E-state index in [-0.39, 0.29) is 106 Å². The summed E-state index contributed by atoms with van der Waals surface area (Å²) in [5.74, 6) is -13.3. The quantitative estimate of drug-likeness (QED) is 0.0488. The number of amides is 10. The van der Waals surface area contributed by atoms with Gasteiger partial charge in [-0.25, -0.2) is 17.9 Å². The van der Waals surface area contributed by atoms with Crippen LogP contribution in [0.25, 0.3) is 11.1 Å². The van der Waals surface area contributed by atoms with Gasteiger partial charge < -0.3 is 133 Å². The fraction of sp³-hybridized carbons (Fsp3) is 0.483. The molecule has 10 amide bonds. The molecule has 17 rings (SSSR count). The summed E-state index contributed by atoms with van der Waals surface area (Å²) < 4.78 is 70.4. The lowest BCUT2D eigenvalue weighted by Crippen LogP contribution is -2.64. The summed E-state index contributed by atoms with van der Waals surface area (Å²) in [5.41, 5.74) is 3.18. The lowest BCUT2D eigenvalue weighted by Gasteiger charge is -2.54. The van der Waals surface area contributed by atoms with Crippen molar-refractivity contribution in [3.8, 4) is 62.9 Å². The average Bonchev–Trinajstić information content (AvgIpc) is 0.759. The maximum atomic E-state index is 16.7. The molecule has 4 aliphatic carbocycles. The largest absolute Gasteiger partial charge is 0.508 e. The van der Waals surface area contributed by atoms with Crippen LogP contribution >= 0.6 is 11.6 Å². The first-order valence-electron chi connectivity index (χ1n) is 42.0. The molecule has 6 aromatic rings. The topological polar surface area (TPSA) is 593 Å². The van der Waals surface area contributed by atoms with Gasteiger partial charge in [-0.2, -0.15) is 0 Å².